The van der Waals surface area contributed by atoms with Crippen LogP contribution in [0.25, 0.3) is 0 Å². The molecule has 0 aliphatic heterocycles. The summed E-state index contributed by atoms with van der Waals surface area (Å²) in [6.07, 6.45) is 0. The van der Waals surface area contributed by atoms with Crippen LogP contribution in [0.1, 0.15) is 38.8 Å². The Kier molecular flexibility index (Phi) is 5.93. The van der Waals surface area contributed by atoms with Gasteiger partial charge in [-0.2, -0.15) is 0 Å². The van der Waals surface area contributed by atoms with Gasteiger partial charge in [-0.15, -0.1) is 0 Å². The van der Waals surface area contributed by atoms with Crippen molar-refractivity contribution in [2.24, 2.45) is 0 Å². The van der Waals surface area contributed by atoms with E-state index in [1.54, 1.807) is 27.7 Å². The van der Waals surface area contributed by atoms with Gasteiger partial charge in [0.2, 0.25) is 0 Å². The molecule has 134 valence electrons. The Morgan fingerprint density at radius 3 is 2.24 bits per heavy atom. The van der Waals surface area contributed by atoms with Crippen molar-refractivity contribution in [3.63, 3.8) is 0 Å². The van der Waals surface area contributed by atoms with Crippen molar-refractivity contribution in [3.05, 3.63) is 59.7 Å². The first kappa shape index (κ1) is 19.5. The molecule has 0 fully saturated rings. The van der Waals surface area contributed by atoms with E-state index < -0.39 is 18.3 Å². The number of benzene rings is 2. The van der Waals surface area contributed by atoms with Crippen LogP contribution in [0.4, 0.5) is 0 Å². The van der Waals surface area contributed by atoms with Crippen LogP contribution in [-0.2, 0) is 11.3 Å². The van der Waals surface area contributed by atoms with Gasteiger partial charge < -0.3 is 19.5 Å². The van der Waals surface area contributed by atoms with Gasteiger partial charge in [-0.05, 0) is 46.2 Å². The average Bonchev–Trinajstić information content (AvgIpc) is 2.53. The van der Waals surface area contributed by atoms with Gasteiger partial charge in [-0.1, -0.05) is 48.0 Å². The number of rotatable bonds is 7. The van der Waals surface area contributed by atoms with E-state index in [0.717, 1.165) is 11.1 Å². The van der Waals surface area contributed by atoms with Gasteiger partial charge in [-0.25, -0.2) is 0 Å². The van der Waals surface area contributed by atoms with Gasteiger partial charge in [0.1, 0.15) is 12.4 Å². The normalized spacial score (nSPS) is 12.1. The molecule has 5 heteroatoms. The maximum Gasteiger partial charge on any atom is 0.495 e. The van der Waals surface area contributed by atoms with Crippen LogP contribution in [0.2, 0.25) is 0 Å². The Labute approximate surface area is 150 Å². The van der Waals surface area contributed by atoms with E-state index >= 15 is 0 Å². The molecule has 0 radical (unpaired) electrons. The lowest BCUT2D eigenvalue weighted by atomic mass is 9.75. The quantitative estimate of drug-likeness (QED) is 0.760. The molecule has 0 heterocycles. The predicted octanol–water partition coefficient (Wildman–Crippen LogP) is 2.83. The standard InChI is InChI=1S/C20H27BO4/c1-15-11-12-18(24-14-16-9-7-6-8-10-16)17(13-15)21(23)25-20(4,5)19(2,3)22/h6-13,22-23H,14H2,1-5H3. The fraction of sp³-hybridized carbons (Fsp3) is 0.400. The van der Waals surface area contributed by atoms with Crippen molar-refractivity contribution in [2.75, 3.05) is 0 Å². The zero-order chi connectivity index (χ0) is 18.7. The van der Waals surface area contributed by atoms with Crippen molar-refractivity contribution in [1.82, 2.24) is 0 Å². The van der Waals surface area contributed by atoms with Gasteiger partial charge in [0.25, 0.3) is 0 Å². The third kappa shape index (κ3) is 5.08. The van der Waals surface area contributed by atoms with Crippen molar-refractivity contribution in [2.45, 2.75) is 52.4 Å². The molecular weight excluding hydrogens is 315 g/mol. The van der Waals surface area contributed by atoms with Crippen molar-refractivity contribution in [3.8, 4) is 5.75 Å². The van der Waals surface area contributed by atoms with E-state index in [2.05, 4.69) is 0 Å². The van der Waals surface area contributed by atoms with Gasteiger partial charge in [0.15, 0.2) is 0 Å². The van der Waals surface area contributed by atoms with Gasteiger partial charge in [0, 0.05) is 5.46 Å². The summed E-state index contributed by atoms with van der Waals surface area (Å²) in [7, 11) is -1.20. The molecule has 4 nitrogen and oxygen atoms in total. The van der Waals surface area contributed by atoms with Crippen molar-refractivity contribution in [1.29, 1.82) is 0 Å². The summed E-state index contributed by atoms with van der Waals surface area (Å²) in [6.45, 7) is 9.15. The summed E-state index contributed by atoms with van der Waals surface area (Å²) in [5, 5.41) is 20.9. The Bertz CT molecular complexity index is 693. The Balaban J connectivity index is 2.20. The SMILES string of the molecule is Cc1ccc(OCc2ccccc2)c(B(O)OC(C)(C)C(C)(C)O)c1. The summed E-state index contributed by atoms with van der Waals surface area (Å²) >= 11 is 0. The summed E-state index contributed by atoms with van der Waals surface area (Å²) in [4.78, 5) is 0. The highest BCUT2D eigenvalue weighted by Crippen LogP contribution is 2.26. The van der Waals surface area contributed by atoms with Crippen molar-refractivity contribution < 1.29 is 19.5 Å². The van der Waals surface area contributed by atoms with Gasteiger partial charge in [-0.3, -0.25) is 0 Å². The first-order valence-electron chi connectivity index (χ1n) is 8.46. The molecule has 0 atom stereocenters. The zero-order valence-corrected chi connectivity index (χ0v) is 15.6. The minimum Gasteiger partial charge on any atom is -0.489 e. The molecule has 0 saturated heterocycles. The number of ether oxygens (including phenoxy) is 1. The third-order valence-corrected chi connectivity index (χ3v) is 4.55. The number of hydrogen-bond acceptors (Lipinski definition) is 4. The van der Waals surface area contributed by atoms with Crippen LogP contribution in [-0.4, -0.2) is 28.5 Å². The summed E-state index contributed by atoms with van der Waals surface area (Å²) < 4.78 is 11.7. The highest BCUT2D eigenvalue weighted by atomic mass is 16.6. The first-order chi connectivity index (χ1) is 11.6. The van der Waals surface area contributed by atoms with E-state index in [0.29, 0.717) is 17.8 Å². The molecule has 25 heavy (non-hydrogen) atoms. The lowest BCUT2D eigenvalue weighted by molar-refractivity contribution is -0.0983. The molecule has 0 bridgehead atoms. The van der Waals surface area contributed by atoms with Crippen LogP contribution in [0.15, 0.2) is 48.5 Å². The Morgan fingerprint density at radius 2 is 1.64 bits per heavy atom. The topological polar surface area (TPSA) is 58.9 Å². The second kappa shape index (κ2) is 7.60. The molecule has 0 saturated carbocycles. The maximum absolute atomic E-state index is 10.6. The van der Waals surface area contributed by atoms with Crippen LogP contribution in [0.5, 0.6) is 5.75 Å². The number of hydrogen-bond donors (Lipinski definition) is 2. The molecule has 2 N–H and O–H groups in total. The highest BCUT2D eigenvalue weighted by Gasteiger charge is 2.40. The monoisotopic (exact) mass is 342 g/mol. The second-order valence-corrected chi connectivity index (χ2v) is 7.36. The van der Waals surface area contributed by atoms with Gasteiger partial charge >= 0.3 is 7.12 Å². The molecule has 0 amide bonds. The molecular formula is C20H27BO4. The molecule has 2 aromatic rings. The van der Waals surface area contributed by atoms with Crippen LogP contribution < -0.4 is 10.2 Å². The van der Waals surface area contributed by atoms with Crippen LogP contribution in [0.3, 0.4) is 0 Å². The van der Waals surface area contributed by atoms with E-state index in [9.17, 15) is 10.1 Å². The molecule has 0 aliphatic carbocycles. The zero-order valence-electron chi connectivity index (χ0n) is 15.6. The predicted molar refractivity (Wildman–Crippen MR) is 101 cm³/mol. The minimum atomic E-state index is -1.20. The smallest absolute Gasteiger partial charge is 0.489 e. The lowest BCUT2D eigenvalue weighted by Gasteiger charge is -2.38. The maximum atomic E-state index is 10.6. The summed E-state index contributed by atoms with van der Waals surface area (Å²) in [6, 6.07) is 15.4. The minimum absolute atomic E-state index is 0.401. The molecule has 0 aliphatic rings. The van der Waals surface area contributed by atoms with E-state index in [4.69, 9.17) is 9.39 Å². The average molecular weight is 342 g/mol. The van der Waals surface area contributed by atoms with E-state index in [1.165, 1.54) is 0 Å². The van der Waals surface area contributed by atoms with Crippen molar-refractivity contribution >= 4 is 12.6 Å². The summed E-state index contributed by atoms with van der Waals surface area (Å²) in [5.41, 5.74) is 0.538. The molecule has 2 rings (SSSR count). The Hall–Kier alpha value is -1.82. The molecule has 2 aromatic carbocycles. The fourth-order valence-corrected chi connectivity index (χ4v) is 2.21. The number of aryl methyl sites for hydroxylation is 1. The number of aliphatic hydroxyl groups is 1. The highest BCUT2D eigenvalue weighted by molar-refractivity contribution is 6.61. The summed E-state index contributed by atoms with van der Waals surface area (Å²) in [5.74, 6) is 0.563. The lowest BCUT2D eigenvalue weighted by Crippen LogP contribution is -2.53. The largest absolute Gasteiger partial charge is 0.495 e. The Morgan fingerprint density at radius 1 is 1.00 bits per heavy atom. The van der Waals surface area contributed by atoms with E-state index in [-0.39, 0.29) is 0 Å². The molecule has 0 spiro atoms. The van der Waals surface area contributed by atoms with E-state index in [1.807, 2.05) is 55.5 Å². The first-order valence-corrected chi connectivity index (χ1v) is 8.46. The molecule has 0 unspecified atom stereocenters. The third-order valence-electron chi connectivity index (χ3n) is 4.55. The molecule has 0 aromatic heterocycles. The van der Waals surface area contributed by atoms with Crippen LogP contribution >= 0.6 is 0 Å². The fourth-order valence-electron chi connectivity index (χ4n) is 2.21. The van der Waals surface area contributed by atoms with Gasteiger partial charge in [0.05, 0.1) is 11.2 Å². The second-order valence-electron chi connectivity index (χ2n) is 7.36. The van der Waals surface area contributed by atoms with Crippen LogP contribution in [0, 0.1) is 6.92 Å².